The molecule has 8 unspecified atom stereocenters. The topological polar surface area (TPSA) is 181 Å². The van der Waals surface area contributed by atoms with Gasteiger partial charge in [0.05, 0.1) is 31.5 Å². The maximum absolute atomic E-state index is 10.5. The number of rotatable bonds is 13. The van der Waals surface area contributed by atoms with Crippen molar-refractivity contribution in [2.75, 3.05) is 19.9 Å². The van der Waals surface area contributed by atoms with Gasteiger partial charge < -0.3 is 50.0 Å². The Morgan fingerprint density at radius 1 is 1.10 bits per heavy atom. The summed E-state index contributed by atoms with van der Waals surface area (Å²) in [7, 11) is 0. The Bertz CT molecular complexity index is 441. The van der Waals surface area contributed by atoms with E-state index in [4.69, 9.17) is 26.2 Å². The van der Waals surface area contributed by atoms with Crippen LogP contribution in [-0.2, 0) is 14.2 Å². The zero-order valence-electron chi connectivity index (χ0n) is 16.7. The van der Waals surface area contributed by atoms with E-state index < -0.39 is 61.9 Å². The lowest BCUT2D eigenvalue weighted by atomic mass is 9.95. The van der Waals surface area contributed by atoms with Crippen LogP contribution in [0.3, 0.4) is 0 Å². The molecule has 1 fully saturated rings. The average Bonchev–Trinajstić information content (AvgIpc) is 2.69. The molecule has 8 N–H and O–H groups in total. The fourth-order valence-corrected chi connectivity index (χ4v) is 2.91. The first-order chi connectivity index (χ1) is 13.6. The summed E-state index contributed by atoms with van der Waals surface area (Å²) in [5.41, 5.74) is 0. The van der Waals surface area contributed by atoms with Crippen LogP contribution in [0.5, 0.6) is 0 Å². The van der Waals surface area contributed by atoms with Crippen LogP contribution in [0, 0.1) is 12.8 Å². The highest BCUT2D eigenvalue weighted by atomic mass is 16.7. The van der Waals surface area contributed by atoms with Crippen molar-refractivity contribution in [3.05, 3.63) is 6.92 Å². The number of aliphatic hydroxyl groups is 7. The second-order valence-corrected chi connectivity index (χ2v) is 7.35. The molecule has 0 bridgehead atoms. The van der Waals surface area contributed by atoms with Gasteiger partial charge in [0.1, 0.15) is 31.1 Å². The molecule has 0 aromatic carbocycles. The Kier molecular flexibility index (Phi) is 12.0. The molecular weight excluding hydrogens is 390 g/mol. The summed E-state index contributed by atoms with van der Waals surface area (Å²) in [5.74, 6) is 0.161. The van der Waals surface area contributed by atoms with Gasteiger partial charge in [-0.1, -0.05) is 20.3 Å². The Labute approximate surface area is 170 Å². The molecule has 1 rings (SSSR count). The molecule has 0 aliphatic carbocycles. The van der Waals surface area contributed by atoms with E-state index in [-0.39, 0.29) is 19.3 Å². The Balaban J connectivity index is 2.74. The third-order valence-electron chi connectivity index (χ3n) is 5.04. The van der Waals surface area contributed by atoms with Crippen LogP contribution in [0.1, 0.15) is 26.7 Å². The molecule has 10 atom stereocenters. The molecule has 0 aromatic rings. The molecule has 1 aliphatic rings. The van der Waals surface area contributed by atoms with Crippen LogP contribution in [0.2, 0.25) is 0 Å². The highest BCUT2D eigenvalue weighted by molar-refractivity contribution is 4.89. The van der Waals surface area contributed by atoms with Gasteiger partial charge in [0.2, 0.25) is 0 Å². The maximum atomic E-state index is 10.5. The zero-order valence-corrected chi connectivity index (χ0v) is 16.7. The normalized spacial score (nSPS) is 33.1. The summed E-state index contributed by atoms with van der Waals surface area (Å²) in [6, 6.07) is -0.917. The summed E-state index contributed by atoms with van der Waals surface area (Å²) in [5, 5.41) is 71.4. The van der Waals surface area contributed by atoms with Crippen molar-refractivity contribution in [2.24, 2.45) is 5.92 Å². The maximum Gasteiger partial charge on any atom is 0.186 e. The van der Waals surface area contributed by atoms with E-state index in [1.54, 1.807) is 0 Å². The van der Waals surface area contributed by atoms with Crippen molar-refractivity contribution in [2.45, 2.75) is 81.9 Å². The lowest BCUT2D eigenvalue weighted by Gasteiger charge is -2.40. The molecule has 29 heavy (non-hydrogen) atoms. The van der Waals surface area contributed by atoms with Gasteiger partial charge in [-0.25, -0.2) is 0 Å². The number of hydrogen-bond acceptors (Lipinski definition) is 11. The fourth-order valence-electron chi connectivity index (χ4n) is 2.91. The van der Waals surface area contributed by atoms with Crippen LogP contribution in [-0.4, -0.2) is 111 Å². The first-order valence-electron chi connectivity index (χ1n) is 9.69. The van der Waals surface area contributed by atoms with E-state index in [0.29, 0.717) is 6.42 Å². The molecule has 0 aromatic heterocycles. The van der Waals surface area contributed by atoms with E-state index >= 15 is 0 Å². The number of hydrogen-bond donors (Lipinski definition) is 8. The zero-order chi connectivity index (χ0) is 22.1. The molecule has 11 heteroatoms. The molecule has 1 heterocycles. The van der Waals surface area contributed by atoms with Crippen molar-refractivity contribution >= 4 is 0 Å². The smallest absolute Gasteiger partial charge is 0.186 e. The van der Waals surface area contributed by atoms with Crippen LogP contribution in [0.15, 0.2) is 0 Å². The van der Waals surface area contributed by atoms with Crippen LogP contribution >= 0.6 is 0 Å². The molecule has 2 radical (unpaired) electrons. The first kappa shape index (κ1) is 26.6. The van der Waals surface area contributed by atoms with E-state index in [1.165, 1.54) is 0 Å². The highest BCUT2D eigenvalue weighted by Gasteiger charge is 2.44. The molecule has 1 saturated heterocycles. The minimum absolute atomic E-state index is 0.161. The Morgan fingerprint density at radius 3 is 2.31 bits per heavy atom. The van der Waals surface area contributed by atoms with Gasteiger partial charge in [0.25, 0.3) is 0 Å². The lowest BCUT2D eigenvalue weighted by molar-refractivity contribution is -0.303. The van der Waals surface area contributed by atoms with Crippen molar-refractivity contribution in [1.82, 2.24) is 5.32 Å². The van der Waals surface area contributed by atoms with Gasteiger partial charge >= 0.3 is 0 Å². The summed E-state index contributed by atoms with van der Waals surface area (Å²) in [6.45, 7) is 7.80. The van der Waals surface area contributed by atoms with Gasteiger partial charge in [0, 0.05) is 6.92 Å². The third kappa shape index (κ3) is 8.31. The Hall–Kier alpha value is -0.440. The number of ether oxygens (including phenoxy) is 3. The van der Waals surface area contributed by atoms with Crippen molar-refractivity contribution in [3.8, 4) is 0 Å². The molecule has 1 aliphatic heterocycles. The van der Waals surface area contributed by atoms with Crippen molar-refractivity contribution in [1.29, 1.82) is 0 Å². The molecule has 0 spiro atoms. The van der Waals surface area contributed by atoms with Gasteiger partial charge in [-0.15, -0.1) is 0 Å². The molecule has 172 valence electrons. The van der Waals surface area contributed by atoms with Crippen molar-refractivity contribution in [3.63, 3.8) is 0 Å². The van der Waals surface area contributed by atoms with Crippen molar-refractivity contribution < 1.29 is 50.0 Å². The van der Waals surface area contributed by atoms with Crippen LogP contribution in [0.4, 0.5) is 0 Å². The molecular formula is C18H35NO10. The van der Waals surface area contributed by atoms with Gasteiger partial charge in [0.15, 0.2) is 12.6 Å². The minimum atomic E-state index is -1.60. The summed E-state index contributed by atoms with van der Waals surface area (Å²) in [6.07, 6.45) is -10.1. The van der Waals surface area contributed by atoms with Gasteiger partial charge in [-0.05, 0) is 12.3 Å². The second kappa shape index (κ2) is 13.1. The largest absolute Gasteiger partial charge is 0.394 e. The minimum Gasteiger partial charge on any atom is -0.394 e. The van der Waals surface area contributed by atoms with E-state index in [9.17, 15) is 30.6 Å². The standard InChI is InChI=1S/C18H35NO10/c1-4-9(2)5-12(22)14(23)11(19-8-28-10(3)21)7-27-18-17(26)16(25)15(24)13(6-20)29-18/h3,9-26H,4-8H2,1-2H3/t9?,10?,11?,12?,13?,14?,15-,16?,17?,18+/m0/s1. The van der Waals surface area contributed by atoms with E-state index in [2.05, 4.69) is 5.32 Å². The predicted octanol–water partition coefficient (Wildman–Crippen LogP) is -3.08. The molecule has 11 nitrogen and oxygen atoms in total. The first-order valence-corrected chi connectivity index (χ1v) is 9.69. The summed E-state index contributed by atoms with van der Waals surface area (Å²) < 4.78 is 15.5. The van der Waals surface area contributed by atoms with E-state index in [0.717, 1.165) is 6.42 Å². The quantitative estimate of drug-likeness (QED) is 0.140. The predicted molar refractivity (Wildman–Crippen MR) is 99.0 cm³/mol. The second-order valence-electron chi connectivity index (χ2n) is 7.35. The van der Waals surface area contributed by atoms with Gasteiger partial charge in [-0.3, -0.25) is 5.32 Å². The summed E-state index contributed by atoms with van der Waals surface area (Å²) >= 11 is 0. The average molecular weight is 425 g/mol. The van der Waals surface area contributed by atoms with Crippen LogP contribution in [0.25, 0.3) is 0 Å². The summed E-state index contributed by atoms with van der Waals surface area (Å²) in [4.78, 5) is 0. The van der Waals surface area contributed by atoms with Crippen LogP contribution < -0.4 is 5.32 Å². The molecule has 0 amide bonds. The van der Waals surface area contributed by atoms with E-state index in [1.807, 2.05) is 13.8 Å². The Morgan fingerprint density at radius 2 is 1.76 bits per heavy atom. The third-order valence-corrected chi connectivity index (χ3v) is 5.04. The molecule has 0 saturated carbocycles. The number of aliphatic hydroxyl groups excluding tert-OH is 7. The highest BCUT2D eigenvalue weighted by Crippen LogP contribution is 2.22. The SMILES string of the molecule is [CH]C(O)OCNC(CO[C@@H]1OC(CO)[C@H](O)C(O)C1O)C(O)C(O)CC(C)CC. The lowest BCUT2D eigenvalue weighted by Crippen LogP contribution is -2.60. The fraction of sp³-hybridized carbons (Fsp3) is 0.944. The monoisotopic (exact) mass is 425 g/mol. The number of nitrogens with one attached hydrogen (secondary N) is 1. The van der Waals surface area contributed by atoms with Gasteiger partial charge in [-0.2, -0.15) is 0 Å².